The first-order valence-electron chi connectivity index (χ1n) is 3.50. The van der Waals surface area contributed by atoms with Gasteiger partial charge in [0.1, 0.15) is 10.5 Å². The monoisotopic (exact) mass is 308 g/mol. The smallest absolute Gasteiger partial charge is 0.854 e. The van der Waals surface area contributed by atoms with Crippen molar-refractivity contribution in [2.45, 2.75) is 10.5 Å². The van der Waals surface area contributed by atoms with Crippen LogP contribution in [0, 0.1) is 0 Å². The van der Waals surface area contributed by atoms with E-state index in [9.17, 15) is 19.8 Å². The van der Waals surface area contributed by atoms with Crippen LogP contribution in [0.5, 0.6) is 0 Å². The van der Waals surface area contributed by atoms with Crippen LogP contribution in [-0.2, 0) is 9.59 Å². The van der Waals surface area contributed by atoms with Gasteiger partial charge < -0.3 is 10.2 Å². The molecule has 74 valence electrons. The molecule has 2 aliphatic rings. The number of aliphatic imine (C=N–C) groups is 2. The standard InChI is InChI=1S/C6H4N2O4S2.2K/c9-3-1(13-5(11)7-3)2-4(10)8-6(12)14-2;;/h1-2H,(H,7,9,11)(H,8,10,12);;/q;2*+1/p-2. The molecule has 0 aromatic rings. The average Bonchev–Trinajstić information content (AvgIpc) is 2.55. The molecule has 0 saturated heterocycles. The zero-order chi connectivity index (χ0) is 10.3. The van der Waals surface area contributed by atoms with Crippen molar-refractivity contribution in [3.05, 3.63) is 0 Å². The van der Waals surface area contributed by atoms with Gasteiger partial charge in [0.15, 0.2) is 0 Å². The molecule has 2 aliphatic heterocycles. The van der Waals surface area contributed by atoms with Gasteiger partial charge in [-0.05, 0) is 0 Å². The van der Waals surface area contributed by atoms with E-state index in [1.165, 1.54) is 0 Å². The fraction of sp³-hybridized carbons (Fsp3) is 0.333. The molecule has 16 heavy (non-hydrogen) atoms. The molecule has 2 unspecified atom stereocenters. The van der Waals surface area contributed by atoms with Gasteiger partial charge in [0.05, 0.1) is 0 Å². The summed E-state index contributed by atoms with van der Waals surface area (Å²) in [6.45, 7) is 0. The summed E-state index contributed by atoms with van der Waals surface area (Å²) in [4.78, 5) is 28.5. The van der Waals surface area contributed by atoms with Crippen LogP contribution in [0.4, 0.5) is 0 Å². The number of thioether (sulfide) groups is 2. The summed E-state index contributed by atoms with van der Waals surface area (Å²) in [6.07, 6.45) is 0. The van der Waals surface area contributed by atoms with E-state index in [4.69, 9.17) is 0 Å². The van der Waals surface area contributed by atoms with Crippen molar-refractivity contribution in [2.75, 3.05) is 0 Å². The molecule has 0 aromatic heterocycles. The Morgan fingerprint density at radius 1 is 0.875 bits per heavy atom. The number of carbonyl (C=O) groups is 2. The second-order valence-electron chi connectivity index (χ2n) is 2.51. The Morgan fingerprint density at radius 2 is 1.19 bits per heavy atom. The van der Waals surface area contributed by atoms with Crippen molar-refractivity contribution < 1.29 is 123 Å². The Labute approximate surface area is 184 Å². The van der Waals surface area contributed by atoms with Crippen LogP contribution in [0.15, 0.2) is 9.98 Å². The summed E-state index contributed by atoms with van der Waals surface area (Å²) in [5.74, 6) is -1.31. The Hall–Kier alpha value is 2.25. The summed E-state index contributed by atoms with van der Waals surface area (Å²) in [5, 5.41) is 18.5. The molecule has 10 heteroatoms. The maximum absolute atomic E-state index is 11.1. The van der Waals surface area contributed by atoms with E-state index >= 15 is 0 Å². The number of hydrogen-bond donors (Lipinski definition) is 0. The summed E-state index contributed by atoms with van der Waals surface area (Å²) >= 11 is 1.34. The molecule has 6 nitrogen and oxygen atoms in total. The topological polar surface area (TPSA) is 105 Å². The second kappa shape index (κ2) is 7.75. The summed E-state index contributed by atoms with van der Waals surface area (Å²) in [7, 11) is 0. The van der Waals surface area contributed by atoms with Crippen molar-refractivity contribution in [1.82, 2.24) is 0 Å². The van der Waals surface area contributed by atoms with Crippen LogP contribution in [0.3, 0.4) is 0 Å². The molecule has 2 atom stereocenters. The first kappa shape index (κ1) is 18.3. The molecule has 0 N–H and O–H groups in total. The molecular formula is C6H2K2N2O4S2. The molecule has 0 fully saturated rings. The van der Waals surface area contributed by atoms with E-state index in [1.807, 2.05) is 0 Å². The molecule has 0 bridgehead atoms. The van der Waals surface area contributed by atoms with Crippen LogP contribution in [-0.4, -0.2) is 32.8 Å². The number of rotatable bonds is 1. The van der Waals surface area contributed by atoms with Crippen molar-refractivity contribution in [3.8, 4) is 0 Å². The van der Waals surface area contributed by atoms with Gasteiger partial charge in [-0.15, -0.1) is 23.5 Å². The molecule has 0 radical (unpaired) electrons. The first-order valence-corrected chi connectivity index (χ1v) is 5.26. The Bertz CT molecular complexity index is 351. The van der Waals surface area contributed by atoms with E-state index in [-0.39, 0.29) is 103 Å². The van der Waals surface area contributed by atoms with E-state index in [0.29, 0.717) is 23.5 Å². The van der Waals surface area contributed by atoms with Gasteiger partial charge in [-0.2, -0.15) is 0 Å². The molecular weight excluding hydrogens is 306 g/mol. The zero-order valence-electron chi connectivity index (χ0n) is 8.50. The summed E-state index contributed by atoms with van der Waals surface area (Å²) in [6, 6.07) is 0. The third-order valence-electron chi connectivity index (χ3n) is 1.62. The van der Waals surface area contributed by atoms with E-state index in [2.05, 4.69) is 9.98 Å². The molecule has 0 aliphatic carbocycles. The van der Waals surface area contributed by atoms with Crippen molar-refractivity contribution in [1.29, 1.82) is 0 Å². The third-order valence-corrected chi connectivity index (χ3v) is 3.83. The van der Waals surface area contributed by atoms with E-state index in [0.717, 1.165) is 0 Å². The van der Waals surface area contributed by atoms with Crippen molar-refractivity contribution >= 4 is 45.8 Å². The molecule has 2 heterocycles. The maximum atomic E-state index is 11.1. The quantitative estimate of drug-likeness (QED) is 0.446. The Balaban J connectivity index is 0.00000112. The molecule has 0 aromatic carbocycles. The van der Waals surface area contributed by atoms with Gasteiger partial charge in [-0.25, -0.2) is 9.98 Å². The Kier molecular flexibility index (Phi) is 8.84. The van der Waals surface area contributed by atoms with Crippen molar-refractivity contribution in [3.63, 3.8) is 0 Å². The van der Waals surface area contributed by atoms with Crippen LogP contribution < -0.4 is 113 Å². The van der Waals surface area contributed by atoms with Gasteiger partial charge in [-0.3, -0.25) is 9.59 Å². The van der Waals surface area contributed by atoms with Crippen LogP contribution in [0.2, 0.25) is 0 Å². The zero-order valence-corrected chi connectivity index (χ0v) is 16.4. The fourth-order valence-electron chi connectivity index (χ4n) is 1.06. The minimum absolute atomic E-state index is 0. The van der Waals surface area contributed by atoms with Gasteiger partial charge >= 0.3 is 103 Å². The first-order chi connectivity index (χ1) is 6.58. The number of nitrogens with zero attached hydrogens (tertiary/aromatic N) is 2. The Morgan fingerprint density at radius 3 is 1.38 bits per heavy atom. The van der Waals surface area contributed by atoms with Gasteiger partial charge in [-0.1, -0.05) is 0 Å². The summed E-state index contributed by atoms with van der Waals surface area (Å²) < 4.78 is 0. The number of carbonyl (C=O) groups excluding carboxylic acids is 2. The molecule has 0 saturated carbocycles. The van der Waals surface area contributed by atoms with Crippen LogP contribution in [0.1, 0.15) is 0 Å². The number of amides is 2. The summed E-state index contributed by atoms with van der Waals surface area (Å²) in [5.41, 5.74) is 0. The van der Waals surface area contributed by atoms with Gasteiger partial charge in [0.25, 0.3) is 11.8 Å². The predicted molar refractivity (Wildman–Crippen MR) is 47.6 cm³/mol. The van der Waals surface area contributed by atoms with Gasteiger partial charge in [0, 0.05) is 10.5 Å². The van der Waals surface area contributed by atoms with E-state index < -0.39 is 32.8 Å². The largest absolute Gasteiger partial charge is 1.00 e. The normalized spacial score (nSPS) is 28.0. The maximum Gasteiger partial charge on any atom is 1.00 e. The molecule has 0 spiro atoms. The average molecular weight is 308 g/mol. The van der Waals surface area contributed by atoms with Crippen LogP contribution in [0.25, 0.3) is 0 Å². The second-order valence-corrected chi connectivity index (χ2v) is 4.69. The SMILES string of the molecule is O=C1N=C([O-])SC1C1SC([O-])=NC1=O.[K+].[K+]. The predicted octanol–water partition coefficient (Wildman–Crippen LogP) is -8.29. The minimum atomic E-state index is -0.879. The van der Waals surface area contributed by atoms with Crippen LogP contribution >= 0.6 is 23.5 Å². The van der Waals surface area contributed by atoms with E-state index in [1.54, 1.807) is 0 Å². The van der Waals surface area contributed by atoms with Gasteiger partial charge in [0.2, 0.25) is 0 Å². The minimum Gasteiger partial charge on any atom is -0.854 e. The third kappa shape index (κ3) is 4.13. The molecule has 2 rings (SSSR count). The van der Waals surface area contributed by atoms with Crippen molar-refractivity contribution in [2.24, 2.45) is 9.98 Å². The number of hydrogen-bond acceptors (Lipinski definition) is 6. The molecule has 2 amide bonds. The fourth-order valence-corrected chi connectivity index (χ4v) is 2.90.